The number of hydrogen-bond acceptors (Lipinski definition) is 1. The van der Waals surface area contributed by atoms with E-state index >= 15 is 0 Å². The van der Waals surface area contributed by atoms with Gasteiger partial charge in [-0.15, -0.1) is 0 Å². The fourth-order valence-electron chi connectivity index (χ4n) is 1.47. The minimum absolute atomic E-state index is 0.0897. The van der Waals surface area contributed by atoms with Gasteiger partial charge < -0.3 is 5.32 Å². The highest BCUT2D eigenvalue weighted by molar-refractivity contribution is 9.10. The zero-order valence-corrected chi connectivity index (χ0v) is 10.6. The molecule has 0 radical (unpaired) electrons. The summed E-state index contributed by atoms with van der Waals surface area (Å²) in [6.45, 7) is 8.78. The van der Waals surface area contributed by atoms with E-state index in [9.17, 15) is 4.39 Å². The Hall–Kier alpha value is -0.670. The molecular weight excluding hydrogens is 257 g/mol. The zero-order valence-electron chi connectivity index (χ0n) is 8.98. The van der Waals surface area contributed by atoms with Gasteiger partial charge in [-0.1, -0.05) is 25.1 Å². The molecule has 1 aromatic carbocycles. The van der Waals surface area contributed by atoms with Crippen LogP contribution in [0.2, 0.25) is 0 Å². The quantitative estimate of drug-likeness (QED) is 0.822. The summed E-state index contributed by atoms with van der Waals surface area (Å²) >= 11 is 3.18. The highest BCUT2D eigenvalue weighted by Gasteiger charge is 2.12. The van der Waals surface area contributed by atoms with Crippen molar-refractivity contribution in [3.63, 3.8) is 0 Å². The van der Waals surface area contributed by atoms with Gasteiger partial charge in [0.25, 0.3) is 0 Å². The van der Waals surface area contributed by atoms with Gasteiger partial charge in [0.1, 0.15) is 5.82 Å². The second kappa shape index (κ2) is 5.42. The van der Waals surface area contributed by atoms with Gasteiger partial charge >= 0.3 is 0 Å². The first-order valence-electron chi connectivity index (χ1n) is 4.90. The summed E-state index contributed by atoms with van der Waals surface area (Å²) in [6, 6.07) is 5.12. The van der Waals surface area contributed by atoms with Crippen LogP contribution in [-0.4, -0.2) is 6.54 Å². The van der Waals surface area contributed by atoms with E-state index in [1.54, 1.807) is 12.1 Å². The predicted molar refractivity (Wildman–Crippen MR) is 65.3 cm³/mol. The number of nitrogens with one attached hydrogen (secondary N) is 1. The second-order valence-electron chi connectivity index (χ2n) is 3.51. The van der Waals surface area contributed by atoms with Crippen molar-refractivity contribution in [2.45, 2.75) is 19.9 Å². The van der Waals surface area contributed by atoms with Gasteiger partial charge in [-0.2, -0.15) is 0 Å². The first-order valence-corrected chi connectivity index (χ1v) is 5.69. The van der Waals surface area contributed by atoms with E-state index in [2.05, 4.69) is 27.8 Å². The maximum absolute atomic E-state index is 13.1. The lowest BCUT2D eigenvalue weighted by atomic mass is 10.0. The maximum Gasteiger partial charge on any atom is 0.137 e. The van der Waals surface area contributed by atoms with Crippen LogP contribution in [0.4, 0.5) is 4.39 Å². The molecule has 0 aliphatic heterocycles. The second-order valence-corrected chi connectivity index (χ2v) is 4.36. The van der Waals surface area contributed by atoms with Crippen LogP contribution in [0.15, 0.2) is 34.8 Å². The minimum atomic E-state index is -0.240. The largest absolute Gasteiger partial charge is 0.307 e. The van der Waals surface area contributed by atoms with Crippen molar-refractivity contribution >= 4 is 15.9 Å². The lowest BCUT2D eigenvalue weighted by molar-refractivity contribution is 0.604. The van der Waals surface area contributed by atoms with E-state index in [0.29, 0.717) is 4.47 Å². The lowest BCUT2D eigenvalue weighted by Gasteiger charge is -2.18. The van der Waals surface area contributed by atoms with E-state index in [1.807, 2.05) is 13.8 Å². The van der Waals surface area contributed by atoms with Crippen LogP contribution in [-0.2, 0) is 0 Å². The highest BCUT2D eigenvalue weighted by atomic mass is 79.9. The fourth-order valence-corrected chi connectivity index (χ4v) is 1.87. The van der Waals surface area contributed by atoms with Gasteiger partial charge in [-0.25, -0.2) is 4.39 Å². The molecule has 1 aromatic rings. The van der Waals surface area contributed by atoms with Crippen LogP contribution in [0.1, 0.15) is 25.5 Å². The molecule has 0 aromatic heterocycles. The van der Waals surface area contributed by atoms with Gasteiger partial charge in [-0.3, -0.25) is 0 Å². The Bertz CT molecular complexity index is 363. The molecule has 3 heteroatoms. The van der Waals surface area contributed by atoms with E-state index < -0.39 is 0 Å². The molecule has 0 aliphatic carbocycles. The van der Waals surface area contributed by atoms with Crippen molar-refractivity contribution in [1.82, 2.24) is 5.32 Å². The Labute approximate surface area is 98.5 Å². The molecule has 15 heavy (non-hydrogen) atoms. The van der Waals surface area contributed by atoms with Crippen LogP contribution < -0.4 is 5.32 Å². The molecule has 0 fully saturated rings. The molecular formula is C12H15BrFN. The summed E-state index contributed by atoms with van der Waals surface area (Å²) < 4.78 is 13.5. The molecule has 0 spiro atoms. The van der Waals surface area contributed by atoms with Crippen molar-refractivity contribution in [3.8, 4) is 0 Å². The fraction of sp³-hybridized carbons (Fsp3) is 0.333. The molecule has 1 N–H and O–H groups in total. The molecule has 0 aliphatic rings. The Morgan fingerprint density at radius 3 is 2.73 bits per heavy atom. The normalized spacial score (nSPS) is 12.5. The third-order valence-electron chi connectivity index (χ3n) is 2.18. The summed E-state index contributed by atoms with van der Waals surface area (Å²) in [6.07, 6.45) is 0. The van der Waals surface area contributed by atoms with Crippen LogP contribution in [0.5, 0.6) is 0 Å². The third kappa shape index (κ3) is 3.14. The van der Waals surface area contributed by atoms with Crippen LogP contribution in [0.25, 0.3) is 0 Å². The smallest absolute Gasteiger partial charge is 0.137 e. The summed E-state index contributed by atoms with van der Waals surface area (Å²) in [7, 11) is 0. The van der Waals surface area contributed by atoms with Crippen molar-refractivity contribution in [3.05, 3.63) is 46.2 Å². The predicted octanol–water partition coefficient (Wildman–Crippen LogP) is 3.81. The van der Waals surface area contributed by atoms with E-state index in [-0.39, 0.29) is 11.9 Å². The van der Waals surface area contributed by atoms with Crippen molar-refractivity contribution in [2.75, 3.05) is 6.54 Å². The average molecular weight is 272 g/mol. The van der Waals surface area contributed by atoms with E-state index in [0.717, 1.165) is 17.7 Å². The topological polar surface area (TPSA) is 12.0 Å². The van der Waals surface area contributed by atoms with Gasteiger partial charge in [0.05, 0.1) is 10.5 Å². The summed E-state index contributed by atoms with van der Waals surface area (Å²) in [5, 5.41) is 3.30. The van der Waals surface area contributed by atoms with E-state index in [4.69, 9.17) is 0 Å². The maximum atomic E-state index is 13.1. The third-order valence-corrected chi connectivity index (χ3v) is 2.79. The summed E-state index contributed by atoms with van der Waals surface area (Å²) in [5.74, 6) is -0.240. The summed E-state index contributed by atoms with van der Waals surface area (Å²) in [5.41, 5.74) is 2.05. The molecule has 1 unspecified atom stereocenters. The molecule has 0 amide bonds. The molecule has 0 heterocycles. The first-order chi connectivity index (χ1) is 7.06. The number of benzene rings is 1. The zero-order chi connectivity index (χ0) is 11.4. The average Bonchev–Trinajstić information content (AvgIpc) is 2.18. The van der Waals surface area contributed by atoms with E-state index in [1.165, 1.54) is 6.07 Å². The number of hydrogen-bond donors (Lipinski definition) is 1. The van der Waals surface area contributed by atoms with Gasteiger partial charge in [-0.05, 0) is 47.1 Å². The Kier molecular flexibility index (Phi) is 4.48. The SMILES string of the molecule is C=C(C)C(NCC)c1ccc(F)c(Br)c1. The Morgan fingerprint density at radius 1 is 1.60 bits per heavy atom. The highest BCUT2D eigenvalue weighted by Crippen LogP contribution is 2.24. The van der Waals surface area contributed by atoms with Gasteiger partial charge in [0, 0.05) is 0 Å². The molecule has 0 bridgehead atoms. The molecule has 0 saturated carbocycles. The molecule has 1 rings (SSSR count). The van der Waals surface area contributed by atoms with Crippen molar-refractivity contribution in [2.24, 2.45) is 0 Å². The number of rotatable bonds is 4. The molecule has 82 valence electrons. The van der Waals surface area contributed by atoms with Crippen LogP contribution in [0.3, 0.4) is 0 Å². The monoisotopic (exact) mass is 271 g/mol. The molecule has 0 saturated heterocycles. The lowest BCUT2D eigenvalue weighted by Crippen LogP contribution is -2.21. The molecule has 1 nitrogen and oxygen atoms in total. The standard InChI is InChI=1S/C12H15BrFN/c1-4-15-12(8(2)3)9-5-6-11(14)10(13)7-9/h5-7,12,15H,2,4H2,1,3H3. The van der Waals surface area contributed by atoms with Crippen LogP contribution in [0, 0.1) is 5.82 Å². The van der Waals surface area contributed by atoms with Gasteiger partial charge in [0.2, 0.25) is 0 Å². The summed E-state index contributed by atoms with van der Waals surface area (Å²) in [4.78, 5) is 0. The van der Waals surface area contributed by atoms with Crippen molar-refractivity contribution < 1.29 is 4.39 Å². The minimum Gasteiger partial charge on any atom is -0.307 e. The number of halogens is 2. The van der Waals surface area contributed by atoms with Gasteiger partial charge in [0.15, 0.2) is 0 Å². The number of likely N-dealkylation sites (N-methyl/N-ethyl adjacent to an activating group) is 1. The Balaban J connectivity index is 3.01. The first kappa shape index (κ1) is 12.4. The van der Waals surface area contributed by atoms with Crippen LogP contribution >= 0.6 is 15.9 Å². The molecule has 1 atom stereocenters. The Morgan fingerprint density at radius 2 is 2.27 bits per heavy atom. The van der Waals surface area contributed by atoms with Crippen molar-refractivity contribution in [1.29, 1.82) is 0 Å².